The molecule has 0 saturated carbocycles. The predicted octanol–water partition coefficient (Wildman–Crippen LogP) is 15.6. The number of anilines is 3. The number of hydrogen-bond acceptors (Lipinski definition) is 4. The quantitative estimate of drug-likeness (QED) is 0.178. The van der Waals surface area contributed by atoms with Crippen molar-refractivity contribution in [3.05, 3.63) is 222 Å². The van der Waals surface area contributed by atoms with Gasteiger partial charge >= 0.3 is 0 Å². The smallest absolute Gasteiger partial charge is 0.150 e. The Kier molecular flexibility index (Phi) is 6.81. The van der Waals surface area contributed by atoms with Crippen LogP contribution in [0.5, 0.6) is 11.5 Å². The molecule has 1 aliphatic carbocycles. The van der Waals surface area contributed by atoms with E-state index in [0.717, 1.165) is 55.9 Å². The molecule has 0 bridgehead atoms. The number of rotatable bonds is 4. The number of furan rings is 1. The number of fused-ring (bicyclic) bond motifs is 15. The monoisotopic (exact) mass is 771 g/mol. The molecule has 276 valence electrons. The molecule has 3 nitrogen and oxygen atoms in total. The van der Waals surface area contributed by atoms with Crippen LogP contribution in [-0.2, 0) is 5.41 Å². The van der Waals surface area contributed by atoms with Gasteiger partial charge in [0.25, 0.3) is 0 Å². The zero-order chi connectivity index (χ0) is 38.7. The third-order valence-electron chi connectivity index (χ3n) is 12.5. The summed E-state index contributed by atoms with van der Waals surface area (Å²) in [5.41, 5.74) is 13.2. The lowest BCUT2D eigenvalue weighted by Crippen LogP contribution is -2.30. The van der Waals surface area contributed by atoms with E-state index in [1.165, 1.54) is 59.3 Å². The van der Waals surface area contributed by atoms with E-state index in [4.69, 9.17) is 9.15 Å². The van der Waals surface area contributed by atoms with Crippen molar-refractivity contribution < 1.29 is 9.15 Å². The second-order valence-corrected chi connectivity index (χ2v) is 16.6. The van der Waals surface area contributed by atoms with Crippen molar-refractivity contribution in [1.82, 2.24) is 0 Å². The fourth-order valence-electron chi connectivity index (χ4n) is 9.98. The maximum absolute atomic E-state index is 6.97. The highest BCUT2D eigenvalue weighted by Gasteiger charge is 2.52. The molecule has 0 amide bonds. The van der Waals surface area contributed by atoms with Gasteiger partial charge in [-0.1, -0.05) is 140 Å². The largest absolute Gasteiger partial charge is 0.456 e. The fraction of sp³-hybridized carbons (Fsp3) is 0.0182. The third-order valence-corrected chi connectivity index (χ3v) is 13.8. The van der Waals surface area contributed by atoms with Crippen molar-refractivity contribution in [2.75, 3.05) is 4.90 Å². The minimum Gasteiger partial charge on any atom is -0.456 e. The lowest BCUT2D eigenvalue weighted by Gasteiger charge is -2.37. The Bertz CT molecular complexity index is 3450. The molecule has 0 N–H and O–H groups in total. The Balaban J connectivity index is 1.02. The summed E-state index contributed by atoms with van der Waals surface area (Å²) >= 11 is 1.85. The molecule has 2 aliphatic rings. The van der Waals surface area contributed by atoms with E-state index in [9.17, 15) is 0 Å². The number of nitrogens with zero attached hydrogens (tertiary/aromatic N) is 1. The summed E-state index contributed by atoms with van der Waals surface area (Å²) < 4.78 is 14.4. The lowest BCUT2D eigenvalue weighted by atomic mass is 9.69. The minimum atomic E-state index is -0.494. The lowest BCUT2D eigenvalue weighted by molar-refractivity contribution is 0.447. The maximum atomic E-state index is 6.97. The van der Waals surface area contributed by atoms with Crippen LogP contribution < -0.4 is 9.64 Å². The molecule has 11 aromatic rings. The Morgan fingerprint density at radius 3 is 1.86 bits per heavy atom. The van der Waals surface area contributed by atoms with Gasteiger partial charge in [-0.3, -0.25) is 0 Å². The molecule has 59 heavy (non-hydrogen) atoms. The van der Waals surface area contributed by atoms with Gasteiger partial charge < -0.3 is 14.1 Å². The topological polar surface area (TPSA) is 25.6 Å². The summed E-state index contributed by atoms with van der Waals surface area (Å²) in [5.74, 6) is 1.85. The van der Waals surface area contributed by atoms with Gasteiger partial charge in [0.1, 0.15) is 16.9 Å². The van der Waals surface area contributed by atoms with Crippen molar-refractivity contribution in [1.29, 1.82) is 0 Å². The van der Waals surface area contributed by atoms with Gasteiger partial charge in [0.15, 0.2) is 5.75 Å². The average Bonchev–Trinajstić information content (AvgIpc) is 3.95. The van der Waals surface area contributed by atoms with E-state index in [0.29, 0.717) is 0 Å². The van der Waals surface area contributed by atoms with Crippen molar-refractivity contribution in [2.24, 2.45) is 0 Å². The van der Waals surface area contributed by atoms with Crippen LogP contribution in [0.15, 0.2) is 205 Å². The highest BCUT2D eigenvalue weighted by molar-refractivity contribution is 7.19. The van der Waals surface area contributed by atoms with Crippen molar-refractivity contribution in [3.63, 3.8) is 0 Å². The molecule has 0 fully saturated rings. The second kappa shape index (κ2) is 12.3. The first kappa shape index (κ1) is 32.7. The van der Waals surface area contributed by atoms with Crippen molar-refractivity contribution in [2.45, 2.75) is 5.41 Å². The summed E-state index contributed by atoms with van der Waals surface area (Å²) in [6.07, 6.45) is 0. The van der Waals surface area contributed by atoms with Gasteiger partial charge in [0.2, 0.25) is 0 Å². The summed E-state index contributed by atoms with van der Waals surface area (Å²) in [6, 6.07) is 72.3. The van der Waals surface area contributed by atoms with Crippen LogP contribution in [0, 0.1) is 0 Å². The standard InChI is InChI=1S/C55H33NO2S/c1-2-14-39-34(12-1)13-11-18-40(39)35-24-26-36(27-25-35)56(37-29-31-50-45(32-37)43-17-5-9-22-49(43)57-50)38-28-30-44-52(33-38)59-54-53(44)58-51-23-10-8-21-48(51)55(54)46-19-6-3-15-41(46)42-16-4-7-20-47(42)55/h1-33H. The molecule has 0 saturated heterocycles. The van der Waals surface area contributed by atoms with Gasteiger partial charge in [-0.25, -0.2) is 0 Å². The molecular weight excluding hydrogens is 739 g/mol. The Hall–Kier alpha value is -7.40. The maximum Gasteiger partial charge on any atom is 0.150 e. The first-order valence-electron chi connectivity index (χ1n) is 20.1. The summed E-state index contributed by atoms with van der Waals surface area (Å²) in [7, 11) is 0. The van der Waals surface area contributed by atoms with E-state index in [-0.39, 0.29) is 0 Å². The third kappa shape index (κ3) is 4.58. The van der Waals surface area contributed by atoms with Gasteiger partial charge in [0.05, 0.1) is 10.3 Å². The molecule has 2 aromatic heterocycles. The number of hydrogen-bond donors (Lipinski definition) is 0. The van der Waals surface area contributed by atoms with Crippen LogP contribution >= 0.6 is 11.3 Å². The zero-order valence-electron chi connectivity index (χ0n) is 31.7. The predicted molar refractivity (Wildman–Crippen MR) is 244 cm³/mol. The SMILES string of the molecule is c1ccc2c(c1)Oc1c(sc3cc(N(c4ccc(-c5cccc6ccccc56)cc4)c4ccc5oc6ccccc6c5c4)ccc13)C21c2ccccc2-c2ccccc21. The minimum absolute atomic E-state index is 0.494. The molecule has 1 aliphatic heterocycles. The van der Waals surface area contributed by atoms with Gasteiger partial charge in [-0.2, -0.15) is 0 Å². The summed E-state index contributed by atoms with van der Waals surface area (Å²) in [4.78, 5) is 3.59. The molecule has 3 heterocycles. The first-order valence-corrected chi connectivity index (χ1v) is 20.9. The Morgan fingerprint density at radius 1 is 0.424 bits per heavy atom. The number of benzene rings is 9. The van der Waals surface area contributed by atoms with Crippen LogP contribution in [0.1, 0.15) is 21.6 Å². The first-order chi connectivity index (χ1) is 29.2. The molecule has 9 aromatic carbocycles. The Labute approximate surface area is 344 Å². The van der Waals surface area contributed by atoms with Crippen LogP contribution in [0.25, 0.3) is 65.1 Å². The molecule has 0 atom stereocenters. The normalized spacial score (nSPS) is 13.4. The van der Waals surface area contributed by atoms with E-state index < -0.39 is 5.41 Å². The van der Waals surface area contributed by atoms with Crippen LogP contribution in [0.3, 0.4) is 0 Å². The van der Waals surface area contributed by atoms with E-state index in [1.807, 2.05) is 23.5 Å². The Morgan fingerprint density at radius 2 is 1.03 bits per heavy atom. The van der Waals surface area contributed by atoms with Crippen molar-refractivity contribution >= 4 is 71.2 Å². The molecule has 13 rings (SSSR count). The van der Waals surface area contributed by atoms with E-state index in [1.54, 1.807) is 0 Å². The van der Waals surface area contributed by atoms with Crippen LogP contribution in [-0.4, -0.2) is 0 Å². The van der Waals surface area contributed by atoms with E-state index in [2.05, 4.69) is 193 Å². The van der Waals surface area contributed by atoms with Gasteiger partial charge in [0, 0.05) is 43.5 Å². The highest BCUT2D eigenvalue weighted by Crippen LogP contribution is 2.65. The van der Waals surface area contributed by atoms with E-state index >= 15 is 0 Å². The number of ether oxygens (including phenoxy) is 1. The fourth-order valence-corrected chi connectivity index (χ4v) is 11.4. The van der Waals surface area contributed by atoms with Crippen molar-refractivity contribution in [3.8, 4) is 33.8 Å². The molecule has 1 spiro atoms. The van der Waals surface area contributed by atoms with Gasteiger partial charge in [-0.15, -0.1) is 11.3 Å². The molecule has 4 heteroatoms. The highest BCUT2D eigenvalue weighted by atomic mass is 32.1. The van der Waals surface area contributed by atoms with Crippen LogP contribution in [0.2, 0.25) is 0 Å². The molecule has 0 radical (unpaired) electrons. The summed E-state index contributed by atoms with van der Waals surface area (Å²) in [5, 5.41) is 5.80. The second-order valence-electron chi connectivity index (χ2n) is 15.6. The summed E-state index contributed by atoms with van der Waals surface area (Å²) in [6.45, 7) is 0. The number of thiophene rings is 1. The zero-order valence-corrected chi connectivity index (χ0v) is 32.5. The number of para-hydroxylation sites is 2. The average molecular weight is 772 g/mol. The molecule has 0 unspecified atom stereocenters. The molecular formula is C55H33NO2S. The van der Waals surface area contributed by atoms with Crippen LogP contribution in [0.4, 0.5) is 17.1 Å². The van der Waals surface area contributed by atoms with Gasteiger partial charge in [-0.05, 0) is 105 Å².